The van der Waals surface area contributed by atoms with Crippen molar-refractivity contribution in [3.63, 3.8) is 0 Å². The minimum absolute atomic E-state index is 0.0189. The summed E-state index contributed by atoms with van der Waals surface area (Å²) in [7, 11) is 1.27. The summed E-state index contributed by atoms with van der Waals surface area (Å²) in [6.07, 6.45) is -12.4. The van der Waals surface area contributed by atoms with Crippen LogP contribution in [0.15, 0.2) is 65.1 Å². The Labute approximate surface area is 238 Å². The number of rotatable bonds is 7. The fraction of sp³-hybridized carbons (Fsp3) is 0.286. The van der Waals surface area contributed by atoms with E-state index in [0.717, 1.165) is 0 Å². The number of benzene rings is 3. The molecule has 1 fully saturated rings. The van der Waals surface area contributed by atoms with E-state index in [4.69, 9.17) is 9.47 Å². The molecule has 0 radical (unpaired) electrons. The number of halogens is 7. The van der Waals surface area contributed by atoms with Gasteiger partial charge in [-0.15, -0.1) is 0 Å². The fourth-order valence-electron chi connectivity index (χ4n) is 4.34. The normalized spacial score (nSPS) is 17.4. The summed E-state index contributed by atoms with van der Waals surface area (Å²) in [5.74, 6) is 0.268. The van der Waals surface area contributed by atoms with E-state index in [9.17, 15) is 35.9 Å². The van der Waals surface area contributed by atoms with Gasteiger partial charge in [0.1, 0.15) is 17.6 Å². The predicted octanol–water partition coefficient (Wildman–Crippen LogP) is 8.08. The first-order chi connectivity index (χ1) is 19.2. The SMILES string of the molecule is COC(=O)Cc1cccc(Oc2ccc(Br)cc2CN2C(=O)O[C@@H](c3cc(C(F)(F)F)cc(C(F)(F)F)c3)[C@H]2C)c1. The van der Waals surface area contributed by atoms with Crippen molar-refractivity contribution in [3.05, 3.63) is 93.0 Å². The fourth-order valence-corrected chi connectivity index (χ4v) is 4.75. The van der Waals surface area contributed by atoms with Crippen molar-refractivity contribution >= 4 is 28.0 Å². The lowest BCUT2D eigenvalue weighted by atomic mass is 9.97. The third kappa shape index (κ3) is 7.13. The molecule has 0 aromatic heterocycles. The molecule has 0 N–H and O–H groups in total. The summed E-state index contributed by atoms with van der Waals surface area (Å²) in [6.45, 7) is 1.34. The minimum Gasteiger partial charge on any atom is -0.469 e. The minimum atomic E-state index is -5.04. The molecule has 41 heavy (non-hydrogen) atoms. The lowest BCUT2D eigenvalue weighted by Gasteiger charge is -2.23. The van der Waals surface area contributed by atoms with Gasteiger partial charge < -0.3 is 14.2 Å². The Bertz CT molecular complexity index is 1430. The van der Waals surface area contributed by atoms with Crippen molar-refractivity contribution in [1.29, 1.82) is 0 Å². The second-order valence-electron chi connectivity index (χ2n) is 9.27. The number of cyclic esters (lactones) is 1. The molecule has 0 unspecified atom stereocenters. The molecule has 0 saturated carbocycles. The molecule has 6 nitrogen and oxygen atoms in total. The summed E-state index contributed by atoms with van der Waals surface area (Å²) in [5.41, 5.74) is -2.32. The monoisotopic (exact) mass is 645 g/mol. The second-order valence-corrected chi connectivity index (χ2v) is 10.2. The van der Waals surface area contributed by atoms with Crippen LogP contribution in [0, 0.1) is 0 Å². The van der Waals surface area contributed by atoms with E-state index in [1.807, 2.05) is 0 Å². The van der Waals surface area contributed by atoms with E-state index in [1.165, 1.54) is 18.9 Å². The zero-order valence-electron chi connectivity index (χ0n) is 21.5. The highest BCUT2D eigenvalue weighted by Gasteiger charge is 2.43. The number of methoxy groups -OCH3 is 1. The van der Waals surface area contributed by atoms with Crippen LogP contribution in [0.4, 0.5) is 31.1 Å². The first-order valence-electron chi connectivity index (χ1n) is 12.0. The molecule has 0 spiro atoms. The molecular weight excluding hydrogens is 624 g/mol. The van der Waals surface area contributed by atoms with E-state index in [1.54, 1.807) is 42.5 Å². The van der Waals surface area contributed by atoms with Crippen molar-refractivity contribution in [2.24, 2.45) is 0 Å². The highest BCUT2D eigenvalue weighted by Crippen LogP contribution is 2.41. The van der Waals surface area contributed by atoms with Gasteiger partial charge in [0, 0.05) is 10.0 Å². The van der Waals surface area contributed by atoms with Gasteiger partial charge in [0.25, 0.3) is 0 Å². The van der Waals surface area contributed by atoms with Gasteiger partial charge in [-0.25, -0.2) is 4.79 Å². The lowest BCUT2D eigenvalue weighted by Crippen LogP contribution is -2.31. The highest BCUT2D eigenvalue weighted by molar-refractivity contribution is 9.10. The Morgan fingerprint density at radius 3 is 2.24 bits per heavy atom. The van der Waals surface area contributed by atoms with Crippen LogP contribution in [-0.2, 0) is 39.6 Å². The van der Waals surface area contributed by atoms with E-state index in [2.05, 4.69) is 20.7 Å². The van der Waals surface area contributed by atoms with Crippen LogP contribution in [0.5, 0.6) is 11.5 Å². The molecule has 218 valence electrons. The average molecular weight is 646 g/mol. The van der Waals surface area contributed by atoms with E-state index in [0.29, 0.717) is 39.2 Å². The van der Waals surface area contributed by atoms with Gasteiger partial charge in [-0.2, -0.15) is 26.3 Å². The van der Waals surface area contributed by atoms with Crippen molar-refractivity contribution in [3.8, 4) is 11.5 Å². The topological polar surface area (TPSA) is 65.1 Å². The molecule has 1 aliphatic heterocycles. The van der Waals surface area contributed by atoms with E-state index >= 15 is 0 Å². The quantitative estimate of drug-likeness (QED) is 0.192. The number of hydrogen-bond acceptors (Lipinski definition) is 5. The summed E-state index contributed by atoms with van der Waals surface area (Å²) >= 11 is 3.35. The molecule has 1 heterocycles. The van der Waals surface area contributed by atoms with Crippen LogP contribution in [0.25, 0.3) is 0 Å². The molecule has 2 atom stereocenters. The summed E-state index contributed by atoms with van der Waals surface area (Å²) in [5, 5.41) is 0. The number of esters is 1. The average Bonchev–Trinajstić information content (AvgIpc) is 3.17. The molecule has 1 aliphatic rings. The van der Waals surface area contributed by atoms with Crippen molar-refractivity contribution in [2.75, 3.05) is 7.11 Å². The summed E-state index contributed by atoms with van der Waals surface area (Å²) in [4.78, 5) is 25.7. The predicted molar refractivity (Wildman–Crippen MR) is 137 cm³/mol. The Hall–Kier alpha value is -3.74. The molecule has 3 aromatic rings. The maximum Gasteiger partial charge on any atom is 0.416 e. The molecule has 0 aliphatic carbocycles. The van der Waals surface area contributed by atoms with Crippen LogP contribution in [0.1, 0.15) is 40.8 Å². The number of alkyl halides is 6. The zero-order valence-corrected chi connectivity index (χ0v) is 23.1. The van der Waals surface area contributed by atoms with Crippen molar-refractivity contribution in [2.45, 2.75) is 44.4 Å². The first kappa shape index (κ1) is 30.2. The third-order valence-corrected chi connectivity index (χ3v) is 6.89. The molecule has 3 aromatic carbocycles. The van der Waals surface area contributed by atoms with E-state index in [-0.39, 0.29) is 19.0 Å². The van der Waals surface area contributed by atoms with Crippen LogP contribution in [0.2, 0.25) is 0 Å². The molecule has 0 bridgehead atoms. The van der Waals surface area contributed by atoms with Gasteiger partial charge in [0.2, 0.25) is 0 Å². The van der Waals surface area contributed by atoms with Crippen molar-refractivity contribution in [1.82, 2.24) is 4.90 Å². The van der Waals surface area contributed by atoms with Gasteiger partial charge in [-0.3, -0.25) is 9.69 Å². The Balaban J connectivity index is 1.61. The van der Waals surface area contributed by atoms with Gasteiger partial charge in [-0.05, 0) is 66.6 Å². The number of carbonyl (C=O) groups is 2. The lowest BCUT2D eigenvalue weighted by molar-refractivity contribution is -0.143. The first-order valence-corrected chi connectivity index (χ1v) is 12.8. The van der Waals surface area contributed by atoms with Crippen LogP contribution < -0.4 is 4.74 Å². The molecule has 4 rings (SSSR count). The van der Waals surface area contributed by atoms with Gasteiger partial charge in [0.15, 0.2) is 0 Å². The van der Waals surface area contributed by atoms with Gasteiger partial charge in [0.05, 0.1) is 37.2 Å². The number of amides is 1. The third-order valence-electron chi connectivity index (χ3n) is 6.40. The summed E-state index contributed by atoms with van der Waals surface area (Å²) < 4.78 is 97.0. The van der Waals surface area contributed by atoms with Crippen LogP contribution in [0.3, 0.4) is 0 Å². The Kier molecular flexibility index (Phi) is 8.57. The summed E-state index contributed by atoms with van der Waals surface area (Å²) in [6, 6.07) is 11.9. The largest absolute Gasteiger partial charge is 0.469 e. The maximum absolute atomic E-state index is 13.4. The zero-order chi connectivity index (χ0) is 30.1. The van der Waals surface area contributed by atoms with Crippen LogP contribution >= 0.6 is 15.9 Å². The van der Waals surface area contributed by atoms with Gasteiger partial charge in [-0.1, -0.05) is 28.1 Å². The number of carbonyl (C=O) groups excluding carboxylic acids is 2. The molecule has 1 amide bonds. The van der Waals surface area contributed by atoms with Crippen LogP contribution in [-0.4, -0.2) is 30.1 Å². The molecular formula is C28H22BrF6NO5. The maximum atomic E-state index is 13.4. The number of hydrogen-bond donors (Lipinski definition) is 0. The Morgan fingerprint density at radius 1 is 0.976 bits per heavy atom. The Morgan fingerprint density at radius 2 is 1.63 bits per heavy atom. The standard InChI is InChI=1S/C28H22BrF6NO5/c1-15-25(17-10-19(27(30,31)32)13-20(11-17)28(33,34)35)41-26(38)36(15)14-18-12-21(29)6-7-23(18)40-22-5-3-4-16(8-22)9-24(37)39-2/h3-8,10-13,15,25H,9,14H2,1-2H3/t15-,25-/m1/s1. The highest BCUT2D eigenvalue weighted by atomic mass is 79.9. The smallest absolute Gasteiger partial charge is 0.416 e. The van der Waals surface area contributed by atoms with Gasteiger partial charge >= 0.3 is 24.4 Å². The van der Waals surface area contributed by atoms with Crippen molar-refractivity contribution < 1.29 is 50.1 Å². The van der Waals surface area contributed by atoms with E-state index < -0.39 is 53.3 Å². The molecule has 13 heteroatoms. The number of nitrogens with zero attached hydrogens (tertiary/aromatic N) is 1. The number of ether oxygens (including phenoxy) is 3. The second kappa shape index (κ2) is 11.6. The molecule has 1 saturated heterocycles.